The molecule has 0 spiro atoms. The van der Waals surface area contributed by atoms with E-state index in [1.165, 1.54) is 0 Å². The summed E-state index contributed by atoms with van der Waals surface area (Å²) in [6.07, 6.45) is 1.39. The number of carbonyl (C=O) groups is 1. The summed E-state index contributed by atoms with van der Waals surface area (Å²) in [5, 5.41) is 2.93. The number of nitrogens with one attached hydrogen (secondary N) is 1. The van der Waals surface area contributed by atoms with Crippen molar-refractivity contribution in [2.45, 2.75) is 45.1 Å². The van der Waals surface area contributed by atoms with Gasteiger partial charge in [0.2, 0.25) is 0 Å². The minimum atomic E-state index is -0.335. The number of hydrogen-bond donors (Lipinski definition) is 1. The molecular weight excluding hydrogens is 254 g/mol. The largest absolute Gasteiger partial charge is 0.495 e. The maximum atomic E-state index is 12.2. The number of anilines is 1. The van der Waals surface area contributed by atoms with E-state index in [2.05, 4.69) is 26.1 Å². The van der Waals surface area contributed by atoms with Crippen molar-refractivity contribution in [1.82, 2.24) is 0 Å². The molecule has 0 aliphatic carbocycles. The summed E-state index contributed by atoms with van der Waals surface area (Å²) >= 11 is 0. The highest BCUT2D eigenvalue weighted by Crippen LogP contribution is 2.31. The molecule has 1 aromatic rings. The first-order valence-corrected chi connectivity index (χ1v) is 7.03. The Morgan fingerprint density at radius 1 is 1.40 bits per heavy atom. The van der Waals surface area contributed by atoms with Crippen molar-refractivity contribution in [2.75, 3.05) is 19.0 Å². The number of benzene rings is 1. The minimum absolute atomic E-state index is 0.0234. The van der Waals surface area contributed by atoms with Crippen molar-refractivity contribution in [3.8, 4) is 5.75 Å². The molecular formula is C16H23NO3. The van der Waals surface area contributed by atoms with E-state index in [-0.39, 0.29) is 17.4 Å². The fourth-order valence-electron chi connectivity index (χ4n) is 2.27. The van der Waals surface area contributed by atoms with E-state index in [4.69, 9.17) is 9.47 Å². The SMILES string of the molecule is COc1ccc(C(C)(C)C)cc1NC(=O)[C@H]1CCCO1. The first-order chi connectivity index (χ1) is 9.41. The molecule has 1 N–H and O–H groups in total. The van der Waals surface area contributed by atoms with Crippen LogP contribution in [-0.2, 0) is 14.9 Å². The van der Waals surface area contributed by atoms with Gasteiger partial charge in [-0.05, 0) is 36.0 Å². The Morgan fingerprint density at radius 2 is 2.15 bits per heavy atom. The van der Waals surface area contributed by atoms with Gasteiger partial charge in [0.25, 0.3) is 5.91 Å². The molecule has 1 fully saturated rings. The summed E-state index contributed by atoms with van der Waals surface area (Å²) < 4.78 is 10.7. The smallest absolute Gasteiger partial charge is 0.253 e. The van der Waals surface area contributed by atoms with Gasteiger partial charge in [-0.1, -0.05) is 26.8 Å². The molecule has 4 nitrogen and oxygen atoms in total. The van der Waals surface area contributed by atoms with Crippen LogP contribution >= 0.6 is 0 Å². The van der Waals surface area contributed by atoms with E-state index in [9.17, 15) is 4.79 Å². The van der Waals surface area contributed by atoms with Gasteiger partial charge in [0.05, 0.1) is 12.8 Å². The predicted molar refractivity (Wildman–Crippen MR) is 79.3 cm³/mol. The van der Waals surface area contributed by atoms with E-state index in [0.29, 0.717) is 18.0 Å². The fraction of sp³-hybridized carbons (Fsp3) is 0.562. The molecule has 20 heavy (non-hydrogen) atoms. The molecule has 2 rings (SSSR count). The predicted octanol–water partition coefficient (Wildman–Crippen LogP) is 3.11. The third-order valence-corrected chi connectivity index (χ3v) is 3.55. The minimum Gasteiger partial charge on any atom is -0.495 e. The average Bonchev–Trinajstić information content (AvgIpc) is 2.91. The second kappa shape index (κ2) is 5.83. The van der Waals surface area contributed by atoms with Gasteiger partial charge in [-0.25, -0.2) is 0 Å². The molecule has 110 valence electrons. The van der Waals surface area contributed by atoms with E-state index >= 15 is 0 Å². The molecule has 1 amide bonds. The van der Waals surface area contributed by atoms with Crippen LogP contribution < -0.4 is 10.1 Å². The second-order valence-electron chi connectivity index (χ2n) is 6.16. The first-order valence-electron chi connectivity index (χ1n) is 7.03. The molecule has 0 aromatic heterocycles. The van der Waals surface area contributed by atoms with Crippen molar-refractivity contribution in [3.63, 3.8) is 0 Å². The Labute approximate surface area is 120 Å². The molecule has 0 saturated carbocycles. The van der Waals surface area contributed by atoms with Crippen LogP contribution in [0.3, 0.4) is 0 Å². The zero-order valence-corrected chi connectivity index (χ0v) is 12.7. The highest BCUT2D eigenvalue weighted by molar-refractivity contribution is 5.95. The lowest BCUT2D eigenvalue weighted by Crippen LogP contribution is -2.27. The van der Waals surface area contributed by atoms with Crippen molar-refractivity contribution in [2.24, 2.45) is 0 Å². The number of ether oxygens (including phenoxy) is 2. The van der Waals surface area contributed by atoms with Crippen molar-refractivity contribution in [1.29, 1.82) is 0 Å². The molecule has 1 heterocycles. The van der Waals surface area contributed by atoms with Gasteiger partial charge in [0.15, 0.2) is 0 Å². The van der Waals surface area contributed by atoms with Crippen molar-refractivity contribution in [3.05, 3.63) is 23.8 Å². The Balaban J connectivity index is 2.22. The van der Waals surface area contributed by atoms with Crippen molar-refractivity contribution >= 4 is 11.6 Å². The van der Waals surface area contributed by atoms with Gasteiger partial charge in [-0.3, -0.25) is 4.79 Å². The van der Waals surface area contributed by atoms with Gasteiger partial charge in [-0.2, -0.15) is 0 Å². The molecule has 0 bridgehead atoms. The topological polar surface area (TPSA) is 47.6 Å². The summed E-state index contributed by atoms with van der Waals surface area (Å²) in [5.41, 5.74) is 1.89. The molecule has 4 heteroatoms. The summed E-state index contributed by atoms with van der Waals surface area (Å²) in [5.74, 6) is 0.580. The monoisotopic (exact) mass is 277 g/mol. The third kappa shape index (κ3) is 3.31. The van der Waals surface area contributed by atoms with Crippen LogP contribution in [0.2, 0.25) is 0 Å². The average molecular weight is 277 g/mol. The van der Waals surface area contributed by atoms with E-state index in [0.717, 1.165) is 18.4 Å². The third-order valence-electron chi connectivity index (χ3n) is 3.55. The summed E-state index contributed by atoms with van der Waals surface area (Å²) in [7, 11) is 1.60. The molecule has 1 atom stereocenters. The molecule has 1 aliphatic heterocycles. The number of amides is 1. The Morgan fingerprint density at radius 3 is 2.70 bits per heavy atom. The molecule has 1 aromatic carbocycles. The quantitative estimate of drug-likeness (QED) is 0.923. The molecule has 0 unspecified atom stereocenters. The molecule has 1 aliphatic rings. The van der Waals surface area contributed by atoms with Crippen LogP contribution in [0.5, 0.6) is 5.75 Å². The van der Waals surface area contributed by atoms with Gasteiger partial charge in [-0.15, -0.1) is 0 Å². The van der Waals surface area contributed by atoms with Gasteiger partial charge >= 0.3 is 0 Å². The van der Waals surface area contributed by atoms with E-state index in [1.807, 2.05) is 18.2 Å². The molecule has 1 saturated heterocycles. The zero-order chi connectivity index (χ0) is 14.8. The van der Waals surface area contributed by atoms with Crippen molar-refractivity contribution < 1.29 is 14.3 Å². The fourth-order valence-corrected chi connectivity index (χ4v) is 2.27. The van der Waals surface area contributed by atoms with Crippen LogP contribution in [0.15, 0.2) is 18.2 Å². The Bertz CT molecular complexity index is 485. The number of carbonyl (C=O) groups excluding carboxylic acids is 1. The van der Waals surface area contributed by atoms with Crippen LogP contribution in [0.1, 0.15) is 39.2 Å². The summed E-state index contributed by atoms with van der Waals surface area (Å²) in [6.45, 7) is 7.08. The highest BCUT2D eigenvalue weighted by Gasteiger charge is 2.25. The summed E-state index contributed by atoms with van der Waals surface area (Å²) in [6, 6.07) is 5.90. The lowest BCUT2D eigenvalue weighted by Gasteiger charge is -2.21. The highest BCUT2D eigenvalue weighted by atomic mass is 16.5. The number of rotatable bonds is 3. The van der Waals surface area contributed by atoms with Gasteiger partial charge < -0.3 is 14.8 Å². The lowest BCUT2D eigenvalue weighted by molar-refractivity contribution is -0.124. The number of methoxy groups -OCH3 is 1. The van der Waals surface area contributed by atoms with Crippen LogP contribution in [0.4, 0.5) is 5.69 Å². The standard InChI is InChI=1S/C16H23NO3/c1-16(2,3)11-7-8-13(19-4)12(10-11)17-15(18)14-6-5-9-20-14/h7-8,10,14H,5-6,9H2,1-4H3,(H,17,18)/t14-/m1/s1. The molecule has 0 radical (unpaired) electrons. The maximum absolute atomic E-state index is 12.2. The second-order valence-corrected chi connectivity index (χ2v) is 6.16. The Kier molecular flexibility index (Phi) is 4.33. The summed E-state index contributed by atoms with van der Waals surface area (Å²) in [4.78, 5) is 12.2. The zero-order valence-electron chi connectivity index (χ0n) is 12.7. The van der Waals surface area contributed by atoms with Crippen LogP contribution in [-0.4, -0.2) is 25.7 Å². The first kappa shape index (κ1) is 14.9. The lowest BCUT2D eigenvalue weighted by atomic mass is 9.87. The normalized spacial score (nSPS) is 18.9. The van der Waals surface area contributed by atoms with Gasteiger partial charge in [0.1, 0.15) is 11.9 Å². The van der Waals surface area contributed by atoms with E-state index < -0.39 is 0 Å². The van der Waals surface area contributed by atoms with Gasteiger partial charge in [0, 0.05) is 6.61 Å². The van der Waals surface area contributed by atoms with E-state index in [1.54, 1.807) is 7.11 Å². The Hall–Kier alpha value is -1.55. The number of hydrogen-bond acceptors (Lipinski definition) is 3. The maximum Gasteiger partial charge on any atom is 0.253 e. The van der Waals surface area contributed by atoms with Crippen LogP contribution in [0, 0.1) is 0 Å². The van der Waals surface area contributed by atoms with Crippen LogP contribution in [0.25, 0.3) is 0 Å².